The molecule has 0 spiro atoms. The maximum Gasteiger partial charge on any atom is 0.331 e. The summed E-state index contributed by atoms with van der Waals surface area (Å²) in [6.07, 6.45) is 3.35. The Labute approximate surface area is 195 Å². The van der Waals surface area contributed by atoms with E-state index in [0.29, 0.717) is 35.7 Å². The van der Waals surface area contributed by atoms with Crippen molar-refractivity contribution in [1.29, 1.82) is 0 Å². The van der Waals surface area contributed by atoms with Crippen molar-refractivity contribution in [2.45, 2.75) is 53.9 Å². The highest BCUT2D eigenvalue weighted by Gasteiger charge is 2.27. The summed E-state index contributed by atoms with van der Waals surface area (Å²) in [5.74, 6) is -0.196. The second kappa shape index (κ2) is 11.2. The zero-order valence-electron chi connectivity index (χ0n) is 19.4. The van der Waals surface area contributed by atoms with Gasteiger partial charge in [-0.3, -0.25) is 4.79 Å². The largest absolute Gasteiger partial charge is 0.493 e. The van der Waals surface area contributed by atoms with Crippen LogP contribution in [0.25, 0.3) is 6.08 Å². The number of hydrogen-bond donors (Lipinski definition) is 2. The zero-order valence-corrected chi connectivity index (χ0v) is 20.2. The van der Waals surface area contributed by atoms with Crippen LogP contribution < -0.4 is 10.1 Å². The van der Waals surface area contributed by atoms with Gasteiger partial charge in [0.25, 0.3) is 0 Å². The minimum absolute atomic E-state index is 0.108. The van der Waals surface area contributed by atoms with E-state index >= 15 is 0 Å². The number of nitrogens with one attached hydrogen (secondary N) is 1. The van der Waals surface area contributed by atoms with Gasteiger partial charge >= 0.3 is 5.97 Å². The fourth-order valence-corrected chi connectivity index (χ4v) is 3.43. The van der Waals surface area contributed by atoms with Crippen molar-refractivity contribution in [2.75, 3.05) is 11.9 Å². The Bertz CT molecular complexity index is 1010. The van der Waals surface area contributed by atoms with Crippen molar-refractivity contribution < 1.29 is 19.4 Å². The van der Waals surface area contributed by atoms with Gasteiger partial charge in [-0.15, -0.1) is 0 Å². The molecular formula is C26H32ClNO4. The first-order valence-corrected chi connectivity index (χ1v) is 11.2. The first-order chi connectivity index (χ1) is 15.0. The molecule has 0 aromatic heterocycles. The smallest absolute Gasteiger partial charge is 0.331 e. The molecule has 0 aliphatic rings. The predicted octanol–water partition coefficient (Wildman–Crippen LogP) is 6.66. The topological polar surface area (TPSA) is 75.6 Å². The number of benzene rings is 2. The molecule has 0 atom stereocenters. The van der Waals surface area contributed by atoms with Gasteiger partial charge in [-0.1, -0.05) is 50.6 Å². The van der Waals surface area contributed by atoms with Gasteiger partial charge in [-0.25, -0.2) is 4.79 Å². The molecule has 5 nitrogen and oxygen atoms in total. The fraction of sp³-hybridized carbons (Fsp3) is 0.385. The Balaban J connectivity index is 1.94. The molecule has 2 aromatic carbocycles. The number of amides is 1. The first-order valence-electron chi connectivity index (χ1n) is 10.8. The van der Waals surface area contributed by atoms with Gasteiger partial charge < -0.3 is 15.2 Å². The highest BCUT2D eigenvalue weighted by Crippen LogP contribution is 2.28. The number of aliphatic carboxylic acids is 1. The van der Waals surface area contributed by atoms with Crippen LogP contribution in [0.1, 0.15) is 56.7 Å². The third-order valence-electron chi connectivity index (χ3n) is 5.41. The van der Waals surface area contributed by atoms with E-state index < -0.39 is 11.4 Å². The average Bonchev–Trinajstić information content (AvgIpc) is 2.72. The monoisotopic (exact) mass is 457 g/mol. The minimum atomic E-state index is -0.968. The highest BCUT2D eigenvalue weighted by molar-refractivity contribution is 6.32. The number of rotatable bonds is 10. The first kappa shape index (κ1) is 25.5. The average molecular weight is 458 g/mol. The summed E-state index contributed by atoms with van der Waals surface area (Å²) in [6.45, 7) is 10.2. The van der Waals surface area contributed by atoms with Gasteiger partial charge in [0, 0.05) is 21.7 Å². The normalized spacial score (nSPS) is 11.9. The highest BCUT2D eigenvalue weighted by atomic mass is 35.5. The van der Waals surface area contributed by atoms with Gasteiger partial charge in [0.1, 0.15) is 5.75 Å². The third-order valence-corrected chi connectivity index (χ3v) is 5.73. The van der Waals surface area contributed by atoms with Crippen molar-refractivity contribution in [3.63, 3.8) is 0 Å². The molecule has 6 heteroatoms. The molecule has 0 aliphatic carbocycles. The van der Waals surface area contributed by atoms with Crippen LogP contribution in [0, 0.1) is 19.3 Å². The summed E-state index contributed by atoms with van der Waals surface area (Å²) < 4.78 is 5.90. The molecule has 0 heterocycles. The summed E-state index contributed by atoms with van der Waals surface area (Å²) in [4.78, 5) is 24.0. The van der Waals surface area contributed by atoms with Gasteiger partial charge in [0.05, 0.1) is 6.61 Å². The second-order valence-corrected chi connectivity index (χ2v) is 9.03. The Morgan fingerprint density at radius 2 is 1.88 bits per heavy atom. The van der Waals surface area contributed by atoms with Crippen molar-refractivity contribution in [3.05, 3.63) is 63.7 Å². The van der Waals surface area contributed by atoms with E-state index in [1.54, 1.807) is 31.2 Å². The Morgan fingerprint density at radius 1 is 1.16 bits per heavy atom. The minimum Gasteiger partial charge on any atom is -0.493 e. The molecule has 2 aromatic rings. The lowest BCUT2D eigenvalue weighted by Crippen LogP contribution is -2.31. The van der Waals surface area contributed by atoms with Crippen LogP contribution in [0.3, 0.4) is 0 Å². The zero-order chi connectivity index (χ0) is 23.9. The molecule has 0 fully saturated rings. The summed E-state index contributed by atoms with van der Waals surface area (Å²) in [5, 5.41) is 12.5. The van der Waals surface area contributed by atoms with Crippen LogP contribution in [0.4, 0.5) is 5.69 Å². The number of aryl methyl sites for hydroxylation is 2. The number of carbonyl (C=O) groups excluding carboxylic acids is 1. The second-order valence-electron chi connectivity index (χ2n) is 8.62. The lowest BCUT2D eigenvalue weighted by atomic mass is 9.87. The molecule has 0 radical (unpaired) electrons. The van der Waals surface area contributed by atoms with Crippen LogP contribution in [-0.2, 0) is 9.59 Å². The quantitative estimate of drug-likeness (QED) is 0.309. The lowest BCUT2D eigenvalue weighted by molar-refractivity contribution is -0.132. The summed E-state index contributed by atoms with van der Waals surface area (Å²) in [7, 11) is 0. The number of carbonyl (C=O) groups is 2. The van der Waals surface area contributed by atoms with Crippen LogP contribution >= 0.6 is 11.6 Å². The van der Waals surface area contributed by atoms with Crippen LogP contribution in [0.15, 0.2) is 42.0 Å². The molecule has 32 heavy (non-hydrogen) atoms. The molecule has 172 valence electrons. The van der Waals surface area contributed by atoms with Gasteiger partial charge in [-0.2, -0.15) is 0 Å². The molecule has 2 rings (SSSR count). The Morgan fingerprint density at radius 3 is 2.50 bits per heavy atom. The lowest BCUT2D eigenvalue weighted by Gasteiger charge is -2.24. The Hall–Kier alpha value is -2.79. The molecule has 0 aliphatic heterocycles. The van der Waals surface area contributed by atoms with Crippen molar-refractivity contribution in [1.82, 2.24) is 0 Å². The number of carboxylic acid groups (broad SMARTS) is 1. The Kier molecular flexibility index (Phi) is 8.90. The fourth-order valence-electron chi connectivity index (χ4n) is 3.20. The summed E-state index contributed by atoms with van der Waals surface area (Å²) in [5.41, 5.74) is 3.11. The van der Waals surface area contributed by atoms with Gasteiger partial charge in [0.15, 0.2) is 0 Å². The molecule has 0 saturated heterocycles. The van der Waals surface area contributed by atoms with E-state index in [1.165, 1.54) is 0 Å². The molecule has 0 saturated carbocycles. The molecule has 0 unspecified atom stereocenters. The molecule has 2 N–H and O–H groups in total. The van der Waals surface area contributed by atoms with E-state index in [2.05, 4.69) is 11.4 Å². The van der Waals surface area contributed by atoms with E-state index in [4.69, 9.17) is 16.3 Å². The van der Waals surface area contributed by atoms with E-state index in [-0.39, 0.29) is 11.5 Å². The maximum atomic E-state index is 12.8. The number of hydrogen-bond acceptors (Lipinski definition) is 3. The van der Waals surface area contributed by atoms with E-state index in [9.17, 15) is 14.7 Å². The van der Waals surface area contributed by atoms with Crippen LogP contribution in [0.2, 0.25) is 5.02 Å². The number of halogens is 1. The third kappa shape index (κ3) is 7.13. The van der Waals surface area contributed by atoms with Gasteiger partial charge in [-0.05, 0) is 74.1 Å². The summed E-state index contributed by atoms with van der Waals surface area (Å²) in [6, 6.07) is 11.2. The van der Waals surface area contributed by atoms with E-state index in [0.717, 1.165) is 23.3 Å². The van der Waals surface area contributed by atoms with Crippen molar-refractivity contribution in [3.8, 4) is 5.75 Å². The molecule has 1 amide bonds. The van der Waals surface area contributed by atoms with Crippen molar-refractivity contribution >= 4 is 35.2 Å². The predicted molar refractivity (Wildman–Crippen MR) is 130 cm³/mol. The maximum absolute atomic E-state index is 12.8. The summed E-state index contributed by atoms with van der Waals surface area (Å²) >= 11 is 6.31. The van der Waals surface area contributed by atoms with Gasteiger partial charge in [0.2, 0.25) is 5.91 Å². The molecular weight excluding hydrogens is 426 g/mol. The van der Waals surface area contributed by atoms with E-state index in [1.807, 2.05) is 39.8 Å². The standard InChI is InChI=1S/C26H32ClNO4/c1-6-19(24(29)30)15-20-10-11-21(16-22(20)27)28-25(31)26(4,5)12-7-13-32-23-14-17(2)8-9-18(23)3/h8-11,14-16H,6-7,12-13H2,1-5H3,(H,28,31)(H,29,30)/b19-15+. The van der Waals surface area contributed by atoms with Crippen molar-refractivity contribution in [2.24, 2.45) is 5.41 Å². The number of carboxylic acids is 1. The SMILES string of the molecule is CC/C(=C\c1ccc(NC(=O)C(C)(C)CCCOc2cc(C)ccc2C)cc1Cl)C(=O)O. The van der Waals surface area contributed by atoms with Crippen LogP contribution in [0.5, 0.6) is 5.75 Å². The number of anilines is 1. The van der Waals surface area contributed by atoms with Crippen LogP contribution in [-0.4, -0.2) is 23.6 Å². The molecule has 0 bridgehead atoms. The number of ether oxygens (including phenoxy) is 1.